The lowest BCUT2D eigenvalue weighted by Crippen LogP contribution is -2.25. The van der Waals surface area contributed by atoms with Crippen LogP contribution in [0.2, 0.25) is 0 Å². The fourth-order valence-electron chi connectivity index (χ4n) is 3.11. The molecule has 0 radical (unpaired) electrons. The summed E-state index contributed by atoms with van der Waals surface area (Å²) >= 11 is 1.68. The third-order valence-corrected chi connectivity index (χ3v) is 5.46. The molecule has 3 aromatic rings. The fourth-order valence-corrected chi connectivity index (χ4v) is 4.06. The van der Waals surface area contributed by atoms with E-state index in [4.69, 9.17) is 9.97 Å². The number of anilines is 1. The van der Waals surface area contributed by atoms with Crippen molar-refractivity contribution in [3.05, 3.63) is 41.5 Å². The Bertz CT molecular complexity index is 937. The second-order valence-electron chi connectivity index (χ2n) is 6.79. The molecule has 5 heteroatoms. The fraction of sp³-hybridized carbons (Fsp3) is 0.350. The number of hydrogen-bond acceptors (Lipinski definition) is 5. The van der Waals surface area contributed by atoms with E-state index in [9.17, 15) is 5.26 Å². The highest BCUT2D eigenvalue weighted by Gasteiger charge is 2.29. The van der Waals surface area contributed by atoms with Gasteiger partial charge in [0.2, 0.25) is 0 Å². The molecule has 1 aromatic carbocycles. The van der Waals surface area contributed by atoms with Crippen molar-refractivity contribution in [1.82, 2.24) is 9.97 Å². The molecule has 1 aliphatic rings. The molecule has 2 heterocycles. The highest BCUT2D eigenvalue weighted by atomic mass is 32.1. The zero-order valence-electron chi connectivity index (χ0n) is 14.4. The minimum atomic E-state index is -0.0433. The Morgan fingerprint density at radius 1 is 1.28 bits per heavy atom. The van der Waals surface area contributed by atoms with Crippen LogP contribution in [0.5, 0.6) is 0 Å². The van der Waals surface area contributed by atoms with Crippen molar-refractivity contribution in [3.63, 3.8) is 0 Å². The molecule has 0 saturated heterocycles. The number of rotatable bonds is 5. The molecular formula is C20H20N4S. The van der Waals surface area contributed by atoms with E-state index in [0.29, 0.717) is 12.5 Å². The lowest BCUT2D eigenvalue weighted by molar-refractivity contribution is 0.709. The van der Waals surface area contributed by atoms with Crippen molar-refractivity contribution in [2.75, 3.05) is 18.5 Å². The summed E-state index contributed by atoms with van der Waals surface area (Å²) in [5.41, 5.74) is 2.36. The smallest absolute Gasteiger partial charge is 0.141 e. The zero-order chi connectivity index (χ0) is 17.4. The highest BCUT2D eigenvalue weighted by molar-refractivity contribution is 7.17. The summed E-state index contributed by atoms with van der Waals surface area (Å²) in [6.07, 6.45) is 2.36. The van der Waals surface area contributed by atoms with E-state index in [1.54, 1.807) is 11.3 Å². The van der Waals surface area contributed by atoms with Crippen molar-refractivity contribution < 1.29 is 0 Å². The van der Waals surface area contributed by atoms with Gasteiger partial charge >= 0.3 is 0 Å². The highest BCUT2D eigenvalue weighted by Crippen LogP contribution is 2.43. The molecule has 4 rings (SSSR count). The van der Waals surface area contributed by atoms with Crippen LogP contribution in [-0.2, 0) is 0 Å². The van der Waals surface area contributed by atoms with Gasteiger partial charge in [-0.15, -0.1) is 11.3 Å². The summed E-state index contributed by atoms with van der Waals surface area (Å²) in [6, 6.07) is 12.7. The van der Waals surface area contributed by atoms with Crippen LogP contribution in [0.15, 0.2) is 35.7 Å². The van der Waals surface area contributed by atoms with Gasteiger partial charge in [0.25, 0.3) is 0 Å². The van der Waals surface area contributed by atoms with Gasteiger partial charge in [-0.25, -0.2) is 9.97 Å². The van der Waals surface area contributed by atoms with E-state index in [-0.39, 0.29) is 5.92 Å². The molecule has 2 aromatic heterocycles. The first kappa shape index (κ1) is 16.0. The minimum absolute atomic E-state index is 0.0433. The molecule has 1 fully saturated rings. The van der Waals surface area contributed by atoms with Gasteiger partial charge in [-0.2, -0.15) is 5.26 Å². The van der Waals surface area contributed by atoms with Gasteiger partial charge in [0, 0.05) is 30.5 Å². The summed E-state index contributed by atoms with van der Waals surface area (Å²) < 4.78 is 0. The van der Waals surface area contributed by atoms with Crippen molar-refractivity contribution in [1.29, 1.82) is 5.26 Å². The maximum Gasteiger partial charge on any atom is 0.141 e. The van der Waals surface area contributed by atoms with Crippen molar-refractivity contribution in [2.45, 2.75) is 25.7 Å². The monoisotopic (exact) mass is 348 g/mol. The number of benzene rings is 1. The summed E-state index contributed by atoms with van der Waals surface area (Å²) in [5, 5.41) is 12.5. The van der Waals surface area contributed by atoms with Gasteiger partial charge in [-0.3, -0.25) is 0 Å². The molecule has 0 aliphatic heterocycles. The van der Waals surface area contributed by atoms with Crippen molar-refractivity contribution >= 4 is 27.4 Å². The van der Waals surface area contributed by atoms with E-state index < -0.39 is 0 Å². The van der Waals surface area contributed by atoms with E-state index in [0.717, 1.165) is 21.9 Å². The summed E-state index contributed by atoms with van der Waals surface area (Å²) in [6.45, 7) is 2.61. The van der Waals surface area contributed by atoms with Crippen molar-refractivity contribution in [2.24, 2.45) is 5.92 Å². The molecule has 126 valence electrons. The molecule has 1 unspecified atom stereocenters. The first-order valence-electron chi connectivity index (χ1n) is 8.62. The normalized spacial score (nSPS) is 15.1. The summed E-state index contributed by atoms with van der Waals surface area (Å²) in [5.74, 6) is 2.37. The quantitative estimate of drug-likeness (QED) is 0.662. The van der Waals surface area contributed by atoms with Gasteiger partial charge in [0.05, 0.1) is 17.4 Å². The van der Waals surface area contributed by atoms with Crippen LogP contribution < -0.4 is 4.90 Å². The van der Waals surface area contributed by atoms with Crippen LogP contribution >= 0.6 is 11.3 Å². The van der Waals surface area contributed by atoms with Gasteiger partial charge in [0.1, 0.15) is 16.5 Å². The van der Waals surface area contributed by atoms with Gasteiger partial charge in [0.15, 0.2) is 0 Å². The molecular weight excluding hydrogens is 328 g/mol. The Morgan fingerprint density at radius 3 is 2.72 bits per heavy atom. The van der Waals surface area contributed by atoms with Gasteiger partial charge in [-0.05, 0) is 25.3 Å². The van der Waals surface area contributed by atoms with E-state index in [1.807, 2.05) is 20.0 Å². The zero-order valence-corrected chi connectivity index (χ0v) is 15.3. The van der Waals surface area contributed by atoms with Crippen LogP contribution in [0.1, 0.15) is 31.5 Å². The van der Waals surface area contributed by atoms with Gasteiger partial charge < -0.3 is 4.90 Å². The van der Waals surface area contributed by atoms with Crippen LogP contribution in [-0.4, -0.2) is 23.6 Å². The predicted octanol–water partition coefficient (Wildman–Crippen LogP) is 4.83. The Hall–Kier alpha value is -2.45. The van der Waals surface area contributed by atoms with Crippen molar-refractivity contribution in [3.8, 4) is 17.2 Å². The second kappa shape index (κ2) is 6.45. The number of nitrogens with zero attached hydrogens (tertiary/aromatic N) is 4. The number of fused-ring (bicyclic) bond motifs is 1. The van der Waals surface area contributed by atoms with Crippen LogP contribution in [0.3, 0.4) is 0 Å². The number of hydrogen-bond donors (Lipinski definition) is 0. The Morgan fingerprint density at radius 2 is 2.04 bits per heavy atom. The third-order valence-electron chi connectivity index (χ3n) is 4.59. The molecule has 1 saturated carbocycles. The van der Waals surface area contributed by atoms with Gasteiger partial charge in [-0.1, -0.05) is 30.3 Å². The van der Waals surface area contributed by atoms with Crippen LogP contribution in [0.4, 0.5) is 5.82 Å². The summed E-state index contributed by atoms with van der Waals surface area (Å²) in [4.78, 5) is 12.9. The molecule has 0 N–H and O–H groups in total. The predicted molar refractivity (Wildman–Crippen MR) is 103 cm³/mol. The SMILES string of the molecule is CC(C#N)CN(C)c1nc(C2CC2)nc2scc(-c3ccccc3)c12. The standard InChI is InChI=1S/C20H20N4S/c1-13(10-21)11-24(2)19-17-16(14-6-4-3-5-7-14)12-25-20(17)23-18(22-19)15-8-9-15/h3-7,12-13,15H,8-9,11H2,1-2H3. The van der Waals surface area contributed by atoms with Crippen LogP contribution in [0, 0.1) is 17.2 Å². The van der Waals surface area contributed by atoms with E-state index in [1.165, 1.54) is 24.0 Å². The molecule has 25 heavy (non-hydrogen) atoms. The molecule has 1 atom stereocenters. The second-order valence-corrected chi connectivity index (χ2v) is 7.64. The lowest BCUT2D eigenvalue weighted by Gasteiger charge is -2.21. The molecule has 4 nitrogen and oxygen atoms in total. The largest absolute Gasteiger partial charge is 0.358 e. The Labute approximate surface area is 151 Å². The topological polar surface area (TPSA) is 52.8 Å². The van der Waals surface area contributed by atoms with E-state index in [2.05, 4.69) is 40.6 Å². The first-order chi connectivity index (χ1) is 12.2. The first-order valence-corrected chi connectivity index (χ1v) is 9.50. The Kier molecular flexibility index (Phi) is 4.14. The Balaban J connectivity index is 1.88. The van der Waals surface area contributed by atoms with E-state index >= 15 is 0 Å². The average molecular weight is 348 g/mol. The maximum absolute atomic E-state index is 9.18. The number of thiophene rings is 1. The maximum atomic E-state index is 9.18. The van der Waals surface area contributed by atoms with Crippen LogP contribution in [0.25, 0.3) is 21.3 Å². The minimum Gasteiger partial charge on any atom is -0.358 e. The molecule has 0 bridgehead atoms. The third kappa shape index (κ3) is 3.10. The average Bonchev–Trinajstić information content (AvgIpc) is 3.40. The molecule has 0 spiro atoms. The number of nitriles is 1. The molecule has 0 amide bonds. The summed E-state index contributed by atoms with van der Waals surface area (Å²) in [7, 11) is 2.03. The number of aromatic nitrogens is 2. The molecule has 1 aliphatic carbocycles. The lowest BCUT2D eigenvalue weighted by atomic mass is 10.1.